The summed E-state index contributed by atoms with van der Waals surface area (Å²) < 4.78 is 5.12. The van der Waals surface area contributed by atoms with Gasteiger partial charge in [0.15, 0.2) is 11.5 Å². The molecular weight excluding hydrogens is 234 g/mol. The van der Waals surface area contributed by atoms with Crippen molar-refractivity contribution in [2.45, 2.75) is 6.42 Å². The minimum Gasteiger partial charge on any atom is -0.504 e. The summed E-state index contributed by atoms with van der Waals surface area (Å²) in [7, 11) is 0. The highest BCUT2D eigenvalue weighted by Crippen LogP contribution is 2.27. The molecule has 0 fully saturated rings. The quantitative estimate of drug-likeness (QED) is 0.717. The van der Waals surface area contributed by atoms with Crippen LogP contribution in [-0.4, -0.2) is 22.7 Å². The van der Waals surface area contributed by atoms with Gasteiger partial charge in [0.25, 0.3) is 5.91 Å². The van der Waals surface area contributed by atoms with E-state index in [1.54, 1.807) is 12.3 Å². The molecule has 2 aromatic rings. The summed E-state index contributed by atoms with van der Waals surface area (Å²) in [5.41, 5.74) is 0.0504. The van der Waals surface area contributed by atoms with E-state index in [2.05, 4.69) is 5.32 Å². The molecule has 5 nitrogen and oxygen atoms in total. The molecule has 0 aliphatic rings. The summed E-state index contributed by atoms with van der Waals surface area (Å²) in [4.78, 5) is 11.7. The fourth-order valence-electron chi connectivity index (χ4n) is 1.56. The van der Waals surface area contributed by atoms with Crippen LogP contribution in [-0.2, 0) is 6.42 Å². The lowest BCUT2D eigenvalue weighted by Gasteiger charge is -2.06. The Kier molecular flexibility index (Phi) is 3.52. The summed E-state index contributed by atoms with van der Waals surface area (Å²) in [5, 5.41) is 21.4. The van der Waals surface area contributed by atoms with E-state index in [0.717, 1.165) is 5.76 Å². The Balaban J connectivity index is 1.93. The Morgan fingerprint density at radius 1 is 1.22 bits per heavy atom. The molecular formula is C13H13NO4. The molecule has 5 heteroatoms. The fourth-order valence-corrected chi connectivity index (χ4v) is 1.56. The topological polar surface area (TPSA) is 82.7 Å². The van der Waals surface area contributed by atoms with E-state index >= 15 is 0 Å². The van der Waals surface area contributed by atoms with Crippen LogP contribution in [0.5, 0.6) is 11.5 Å². The van der Waals surface area contributed by atoms with Crippen molar-refractivity contribution in [2.75, 3.05) is 6.54 Å². The molecule has 0 aliphatic heterocycles. The fraction of sp³-hybridized carbons (Fsp3) is 0.154. The SMILES string of the molecule is O=C(NCCc1ccco1)c1cccc(O)c1O. The zero-order valence-corrected chi connectivity index (χ0v) is 9.59. The molecule has 0 atom stereocenters. The first-order chi connectivity index (χ1) is 8.68. The molecule has 0 saturated carbocycles. The Labute approximate surface area is 104 Å². The van der Waals surface area contributed by atoms with Crippen LogP contribution in [0.3, 0.4) is 0 Å². The molecule has 18 heavy (non-hydrogen) atoms. The summed E-state index contributed by atoms with van der Waals surface area (Å²) in [6.07, 6.45) is 2.14. The van der Waals surface area contributed by atoms with E-state index in [0.29, 0.717) is 13.0 Å². The van der Waals surface area contributed by atoms with Crippen LogP contribution in [0.15, 0.2) is 41.0 Å². The van der Waals surface area contributed by atoms with Crippen molar-refractivity contribution in [3.8, 4) is 11.5 Å². The van der Waals surface area contributed by atoms with Crippen LogP contribution >= 0.6 is 0 Å². The Morgan fingerprint density at radius 2 is 2.06 bits per heavy atom. The molecule has 1 aromatic carbocycles. The number of furan rings is 1. The van der Waals surface area contributed by atoms with Gasteiger partial charge in [0.05, 0.1) is 11.8 Å². The number of hydrogen-bond donors (Lipinski definition) is 3. The van der Waals surface area contributed by atoms with Crippen LogP contribution in [0.25, 0.3) is 0 Å². The third-order valence-electron chi connectivity index (χ3n) is 2.50. The van der Waals surface area contributed by atoms with E-state index in [1.165, 1.54) is 18.2 Å². The average Bonchev–Trinajstić information content (AvgIpc) is 2.85. The third kappa shape index (κ3) is 2.63. The number of phenolic OH excluding ortho intramolecular Hbond substituents is 2. The molecule has 94 valence electrons. The van der Waals surface area contributed by atoms with Gasteiger partial charge in [0, 0.05) is 13.0 Å². The first-order valence-electron chi connectivity index (χ1n) is 5.50. The molecule has 1 heterocycles. The van der Waals surface area contributed by atoms with Crippen molar-refractivity contribution in [1.82, 2.24) is 5.32 Å². The van der Waals surface area contributed by atoms with E-state index in [-0.39, 0.29) is 11.3 Å². The second-order valence-corrected chi connectivity index (χ2v) is 3.76. The van der Waals surface area contributed by atoms with Crippen molar-refractivity contribution in [3.05, 3.63) is 47.9 Å². The number of phenols is 2. The largest absolute Gasteiger partial charge is 0.504 e. The number of aromatic hydroxyl groups is 2. The predicted molar refractivity (Wildman–Crippen MR) is 64.5 cm³/mol. The number of para-hydroxylation sites is 1. The van der Waals surface area contributed by atoms with Crippen molar-refractivity contribution >= 4 is 5.91 Å². The van der Waals surface area contributed by atoms with Crippen LogP contribution in [0.4, 0.5) is 0 Å². The van der Waals surface area contributed by atoms with Gasteiger partial charge < -0.3 is 19.9 Å². The van der Waals surface area contributed by atoms with Gasteiger partial charge in [-0.25, -0.2) is 0 Å². The molecule has 1 amide bonds. The second kappa shape index (κ2) is 5.27. The third-order valence-corrected chi connectivity index (χ3v) is 2.50. The van der Waals surface area contributed by atoms with Gasteiger partial charge in [0.1, 0.15) is 5.76 Å². The average molecular weight is 247 g/mol. The Morgan fingerprint density at radius 3 is 2.78 bits per heavy atom. The molecule has 0 unspecified atom stereocenters. The molecule has 3 N–H and O–H groups in total. The smallest absolute Gasteiger partial charge is 0.255 e. The first-order valence-corrected chi connectivity index (χ1v) is 5.50. The summed E-state index contributed by atoms with van der Waals surface area (Å²) in [5.74, 6) is -0.382. The van der Waals surface area contributed by atoms with E-state index in [4.69, 9.17) is 4.42 Å². The number of amides is 1. The zero-order chi connectivity index (χ0) is 13.0. The lowest BCUT2D eigenvalue weighted by atomic mass is 10.1. The maximum atomic E-state index is 11.7. The minimum absolute atomic E-state index is 0.0504. The minimum atomic E-state index is -0.435. The number of rotatable bonds is 4. The van der Waals surface area contributed by atoms with Crippen molar-refractivity contribution in [2.24, 2.45) is 0 Å². The number of hydrogen-bond acceptors (Lipinski definition) is 4. The molecule has 1 aromatic heterocycles. The van der Waals surface area contributed by atoms with Crippen LogP contribution in [0, 0.1) is 0 Å². The second-order valence-electron chi connectivity index (χ2n) is 3.76. The summed E-state index contributed by atoms with van der Waals surface area (Å²) in [6, 6.07) is 7.85. The zero-order valence-electron chi connectivity index (χ0n) is 9.59. The van der Waals surface area contributed by atoms with Gasteiger partial charge in [0.2, 0.25) is 0 Å². The van der Waals surface area contributed by atoms with Gasteiger partial charge in [-0.2, -0.15) is 0 Å². The van der Waals surface area contributed by atoms with Crippen molar-refractivity contribution < 1.29 is 19.4 Å². The van der Waals surface area contributed by atoms with Gasteiger partial charge in [-0.05, 0) is 24.3 Å². The van der Waals surface area contributed by atoms with Crippen LogP contribution < -0.4 is 5.32 Å². The molecule has 2 rings (SSSR count). The van der Waals surface area contributed by atoms with Gasteiger partial charge in [-0.3, -0.25) is 4.79 Å². The normalized spacial score (nSPS) is 10.2. The molecule has 0 spiro atoms. The summed E-state index contributed by atoms with van der Waals surface area (Å²) >= 11 is 0. The van der Waals surface area contributed by atoms with Crippen LogP contribution in [0.1, 0.15) is 16.1 Å². The van der Waals surface area contributed by atoms with E-state index in [9.17, 15) is 15.0 Å². The van der Waals surface area contributed by atoms with Gasteiger partial charge >= 0.3 is 0 Å². The molecule has 0 aliphatic carbocycles. The lowest BCUT2D eigenvalue weighted by Crippen LogP contribution is -2.25. The number of carbonyl (C=O) groups excluding carboxylic acids is 1. The van der Waals surface area contributed by atoms with E-state index in [1.807, 2.05) is 6.07 Å². The van der Waals surface area contributed by atoms with Crippen LogP contribution in [0.2, 0.25) is 0 Å². The number of benzene rings is 1. The lowest BCUT2D eigenvalue weighted by molar-refractivity contribution is 0.0950. The monoisotopic (exact) mass is 247 g/mol. The maximum Gasteiger partial charge on any atom is 0.255 e. The van der Waals surface area contributed by atoms with Gasteiger partial charge in [-0.15, -0.1) is 0 Å². The molecule has 0 bridgehead atoms. The maximum absolute atomic E-state index is 11.7. The van der Waals surface area contributed by atoms with E-state index < -0.39 is 11.7 Å². The Hall–Kier alpha value is -2.43. The summed E-state index contributed by atoms with van der Waals surface area (Å²) in [6.45, 7) is 0.390. The molecule has 0 saturated heterocycles. The number of carbonyl (C=O) groups is 1. The standard InChI is InChI=1S/C13H13NO4/c15-11-5-1-4-10(12(11)16)13(17)14-7-6-9-3-2-8-18-9/h1-5,8,15-16H,6-7H2,(H,14,17). The van der Waals surface area contributed by atoms with Crippen molar-refractivity contribution in [3.63, 3.8) is 0 Å². The number of nitrogens with one attached hydrogen (secondary N) is 1. The predicted octanol–water partition coefficient (Wildman–Crippen LogP) is 1.66. The highest BCUT2D eigenvalue weighted by atomic mass is 16.3. The Bertz CT molecular complexity index is 534. The highest BCUT2D eigenvalue weighted by molar-refractivity contribution is 5.97. The highest BCUT2D eigenvalue weighted by Gasteiger charge is 2.13. The molecule has 0 radical (unpaired) electrons. The first kappa shape index (κ1) is 12.0. The van der Waals surface area contributed by atoms with Crippen molar-refractivity contribution in [1.29, 1.82) is 0 Å². The van der Waals surface area contributed by atoms with Gasteiger partial charge in [-0.1, -0.05) is 6.07 Å².